The first-order valence-corrected chi connectivity index (χ1v) is 7.98. The van der Waals surface area contributed by atoms with Crippen LogP contribution in [0.2, 0.25) is 0 Å². The number of hydrogen-bond donors (Lipinski definition) is 2. The third-order valence-corrected chi connectivity index (χ3v) is 4.37. The fraction of sp³-hybridized carbons (Fsp3) is 0.471. The quantitative estimate of drug-likeness (QED) is 0.790. The van der Waals surface area contributed by atoms with E-state index in [2.05, 4.69) is 10.6 Å². The van der Waals surface area contributed by atoms with E-state index in [-0.39, 0.29) is 18.4 Å². The molecule has 1 aliphatic rings. The minimum atomic E-state index is -0.876. The van der Waals surface area contributed by atoms with E-state index >= 15 is 0 Å². The largest absolute Gasteiger partial charge is 0.325 e. The van der Waals surface area contributed by atoms with E-state index < -0.39 is 11.6 Å². The molecule has 1 saturated heterocycles. The second kappa shape index (κ2) is 6.81. The van der Waals surface area contributed by atoms with Gasteiger partial charge >= 0.3 is 6.03 Å². The molecule has 1 aromatic rings. The van der Waals surface area contributed by atoms with Gasteiger partial charge in [-0.1, -0.05) is 32.9 Å². The van der Waals surface area contributed by atoms with Gasteiger partial charge in [-0.05, 0) is 37.0 Å². The summed E-state index contributed by atoms with van der Waals surface area (Å²) >= 11 is 0. The van der Waals surface area contributed by atoms with E-state index in [0.717, 1.165) is 16.9 Å². The zero-order valence-electron chi connectivity index (χ0n) is 13.8. The number of rotatable bonds is 6. The molecule has 6 nitrogen and oxygen atoms in total. The number of aryl methyl sites for hydroxylation is 1. The number of nitrogens with zero attached hydrogens (tertiary/aromatic N) is 1. The maximum Gasteiger partial charge on any atom is 0.325 e. The van der Waals surface area contributed by atoms with Gasteiger partial charge in [0.05, 0.1) is 0 Å². The highest BCUT2D eigenvalue weighted by molar-refractivity contribution is 6.10. The molecule has 2 rings (SSSR count). The zero-order valence-corrected chi connectivity index (χ0v) is 13.8. The van der Waals surface area contributed by atoms with Gasteiger partial charge in [-0.15, -0.1) is 0 Å². The van der Waals surface area contributed by atoms with Crippen molar-refractivity contribution in [2.45, 2.75) is 45.6 Å². The minimum absolute atomic E-state index is 0.275. The lowest BCUT2D eigenvalue weighted by atomic mass is 9.93. The van der Waals surface area contributed by atoms with Gasteiger partial charge in [-0.2, -0.15) is 0 Å². The van der Waals surface area contributed by atoms with Crippen molar-refractivity contribution in [3.63, 3.8) is 0 Å². The standard InChI is InChI=1S/C17H23N3O3/c1-4-12-8-7-9-13(10-12)18-14(21)11-20-15(22)17(5-2,6-3)19-16(20)23/h7-10H,4-6,11H2,1-3H3,(H,18,21)(H,19,23). The smallest absolute Gasteiger partial charge is 0.325 e. The van der Waals surface area contributed by atoms with Gasteiger partial charge in [0, 0.05) is 5.69 Å². The van der Waals surface area contributed by atoms with E-state index in [9.17, 15) is 14.4 Å². The molecule has 0 radical (unpaired) electrons. The highest BCUT2D eigenvalue weighted by atomic mass is 16.2. The molecule has 6 heteroatoms. The first kappa shape index (κ1) is 17.0. The average molecular weight is 317 g/mol. The third-order valence-electron chi connectivity index (χ3n) is 4.37. The van der Waals surface area contributed by atoms with Crippen LogP contribution in [0.5, 0.6) is 0 Å². The van der Waals surface area contributed by atoms with Crippen LogP contribution in [0.4, 0.5) is 10.5 Å². The van der Waals surface area contributed by atoms with Crippen molar-refractivity contribution in [3.8, 4) is 0 Å². The third kappa shape index (κ3) is 3.36. The fourth-order valence-corrected chi connectivity index (χ4v) is 2.76. The van der Waals surface area contributed by atoms with E-state index in [1.165, 1.54) is 0 Å². The van der Waals surface area contributed by atoms with Crippen LogP contribution in [0.25, 0.3) is 0 Å². The van der Waals surface area contributed by atoms with E-state index in [0.29, 0.717) is 18.5 Å². The SMILES string of the molecule is CCc1cccc(NC(=O)CN2C(=O)NC(CC)(CC)C2=O)c1. The van der Waals surface area contributed by atoms with Gasteiger partial charge in [-0.3, -0.25) is 14.5 Å². The molecule has 124 valence electrons. The van der Waals surface area contributed by atoms with Crippen LogP contribution in [0.3, 0.4) is 0 Å². The Morgan fingerprint density at radius 3 is 2.48 bits per heavy atom. The van der Waals surface area contributed by atoms with Crippen LogP contribution >= 0.6 is 0 Å². The first-order chi connectivity index (χ1) is 11.0. The molecule has 0 spiro atoms. The molecule has 1 heterocycles. The normalized spacial score (nSPS) is 16.4. The summed E-state index contributed by atoms with van der Waals surface area (Å²) in [4.78, 5) is 37.6. The van der Waals surface area contributed by atoms with Crippen molar-refractivity contribution in [2.24, 2.45) is 0 Å². The summed E-state index contributed by atoms with van der Waals surface area (Å²) < 4.78 is 0. The lowest BCUT2D eigenvalue weighted by molar-refractivity contribution is -0.134. The van der Waals surface area contributed by atoms with E-state index in [4.69, 9.17) is 0 Å². The predicted molar refractivity (Wildman–Crippen MR) is 88.0 cm³/mol. The molecule has 0 unspecified atom stereocenters. The number of amides is 4. The minimum Gasteiger partial charge on any atom is -0.325 e. The number of imide groups is 1. The molecule has 1 aliphatic heterocycles. The van der Waals surface area contributed by atoms with Crippen molar-refractivity contribution in [1.82, 2.24) is 10.2 Å². The van der Waals surface area contributed by atoms with Crippen molar-refractivity contribution in [3.05, 3.63) is 29.8 Å². The lowest BCUT2D eigenvalue weighted by Crippen LogP contribution is -2.46. The molecular weight excluding hydrogens is 294 g/mol. The van der Waals surface area contributed by atoms with Gasteiger partial charge in [-0.25, -0.2) is 4.79 Å². The molecular formula is C17H23N3O3. The molecule has 1 aromatic carbocycles. The summed E-state index contributed by atoms with van der Waals surface area (Å²) in [5.41, 5.74) is 0.895. The number of anilines is 1. The number of benzene rings is 1. The zero-order chi connectivity index (χ0) is 17.0. The Morgan fingerprint density at radius 1 is 1.22 bits per heavy atom. The van der Waals surface area contributed by atoms with Crippen molar-refractivity contribution in [2.75, 3.05) is 11.9 Å². The topological polar surface area (TPSA) is 78.5 Å². The summed E-state index contributed by atoms with van der Waals surface area (Å²) in [6.45, 7) is 5.45. The van der Waals surface area contributed by atoms with Crippen molar-refractivity contribution in [1.29, 1.82) is 0 Å². The summed E-state index contributed by atoms with van der Waals surface area (Å²) in [5, 5.41) is 5.45. The van der Waals surface area contributed by atoms with Crippen LogP contribution in [0.15, 0.2) is 24.3 Å². The van der Waals surface area contributed by atoms with Crippen LogP contribution in [0.1, 0.15) is 39.2 Å². The fourth-order valence-electron chi connectivity index (χ4n) is 2.76. The summed E-state index contributed by atoms with van der Waals surface area (Å²) in [6.07, 6.45) is 1.88. The van der Waals surface area contributed by atoms with Gasteiger partial charge < -0.3 is 10.6 Å². The lowest BCUT2D eigenvalue weighted by Gasteiger charge is -2.23. The Balaban J connectivity index is 2.05. The number of hydrogen-bond acceptors (Lipinski definition) is 3. The van der Waals surface area contributed by atoms with Gasteiger partial charge in [0.1, 0.15) is 12.1 Å². The predicted octanol–water partition coefficient (Wildman–Crippen LogP) is 2.30. The molecule has 0 saturated carbocycles. The number of urea groups is 1. The van der Waals surface area contributed by atoms with Crippen molar-refractivity contribution >= 4 is 23.5 Å². The van der Waals surface area contributed by atoms with Gasteiger partial charge in [0.25, 0.3) is 5.91 Å². The molecule has 0 aromatic heterocycles. The highest BCUT2D eigenvalue weighted by Gasteiger charge is 2.49. The Hall–Kier alpha value is -2.37. The molecule has 2 N–H and O–H groups in total. The van der Waals surface area contributed by atoms with Crippen molar-refractivity contribution < 1.29 is 14.4 Å². The summed E-state index contributed by atoms with van der Waals surface area (Å²) in [6, 6.07) is 7.00. The van der Waals surface area contributed by atoms with Crippen LogP contribution < -0.4 is 10.6 Å². The Kier molecular flexibility index (Phi) is 5.03. The maximum atomic E-state index is 12.5. The average Bonchev–Trinajstić information content (AvgIpc) is 2.79. The Labute approximate surface area is 136 Å². The molecule has 4 amide bonds. The molecule has 23 heavy (non-hydrogen) atoms. The number of carbonyl (C=O) groups excluding carboxylic acids is 3. The Bertz CT molecular complexity index is 623. The van der Waals surface area contributed by atoms with Gasteiger partial charge in [0.15, 0.2) is 0 Å². The second-order valence-corrected chi connectivity index (χ2v) is 5.71. The number of carbonyl (C=O) groups is 3. The summed E-state index contributed by atoms with van der Waals surface area (Å²) in [5.74, 6) is -0.713. The maximum absolute atomic E-state index is 12.5. The van der Waals surface area contributed by atoms with Crippen LogP contribution in [-0.4, -0.2) is 34.8 Å². The first-order valence-electron chi connectivity index (χ1n) is 7.98. The van der Waals surface area contributed by atoms with E-state index in [1.54, 1.807) is 6.07 Å². The monoisotopic (exact) mass is 317 g/mol. The van der Waals surface area contributed by atoms with Crippen LogP contribution in [-0.2, 0) is 16.0 Å². The molecule has 0 atom stereocenters. The van der Waals surface area contributed by atoms with Gasteiger partial charge in [0.2, 0.25) is 5.91 Å². The second-order valence-electron chi connectivity index (χ2n) is 5.71. The molecule has 0 bridgehead atoms. The highest BCUT2D eigenvalue weighted by Crippen LogP contribution is 2.24. The van der Waals surface area contributed by atoms with Crippen LogP contribution in [0, 0.1) is 0 Å². The number of nitrogens with one attached hydrogen (secondary N) is 2. The molecule has 0 aliphatic carbocycles. The Morgan fingerprint density at radius 2 is 1.91 bits per heavy atom. The summed E-state index contributed by atoms with van der Waals surface area (Å²) in [7, 11) is 0. The molecule has 1 fully saturated rings. The van der Waals surface area contributed by atoms with E-state index in [1.807, 2.05) is 39.0 Å².